The second kappa shape index (κ2) is 5.89. The topological polar surface area (TPSA) is 46.6 Å². The van der Waals surface area contributed by atoms with Crippen molar-refractivity contribution in [3.8, 4) is 5.75 Å². The molecule has 23 heavy (non-hydrogen) atoms. The summed E-state index contributed by atoms with van der Waals surface area (Å²) in [5, 5.41) is 0. The summed E-state index contributed by atoms with van der Waals surface area (Å²) in [6, 6.07) is 12.7. The van der Waals surface area contributed by atoms with Crippen LogP contribution < -0.4 is 9.04 Å². The van der Waals surface area contributed by atoms with E-state index >= 15 is 0 Å². The lowest BCUT2D eigenvalue weighted by Gasteiger charge is -2.25. The third kappa shape index (κ3) is 2.59. The molecule has 1 atom stereocenters. The minimum Gasteiger partial charge on any atom is -0.496 e. The zero-order valence-electron chi connectivity index (χ0n) is 13.6. The van der Waals surface area contributed by atoms with Crippen LogP contribution in [-0.2, 0) is 22.9 Å². The van der Waals surface area contributed by atoms with Crippen LogP contribution in [0.3, 0.4) is 0 Å². The smallest absolute Gasteiger partial charge is 0.264 e. The minimum absolute atomic E-state index is 0.0791. The predicted molar refractivity (Wildman–Crippen MR) is 91.6 cm³/mol. The second-order valence-electron chi connectivity index (χ2n) is 5.81. The van der Waals surface area contributed by atoms with Crippen molar-refractivity contribution >= 4 is 15.7 Å². The van der Waals surface area contributed by atoms with E-state index in [1.807, 2.05) is 38.1 Å². The number of fused-ring (bicyclic) bond motifs is 1. The molecule has 4 nitrogen and oxygen atoms in total. The van der Waals surface area contributed by atoms with E-state index in [2.05, 4.69) is 0 Å². The Labute approximate surface area is 137 Å². The number of methoxy groups -OCH3 is 1. The van der Waals surface area contributed by atoms with Gasteiger partial charge in [0.15, 0.2) is 0 Å². The van der Waals surface area contributed by atoms with Crippen molar-refractivity contribution in [2.24, 2.45) is 0 Å². The van der Waals surface area contributed by atoms with Gasteiger partial charge >= 0.3 is 0 Å². The first-order valence-corrected chi connectivity index (χ1v) is 9.22. The summed E-state index contributed by atoms with van der Waals surface area (Å²) < 4.78 is 33.2. The number of ether oxygens (including phenoxy) is 1. The van der Waals surface area contributed by atoms with Crippen LogP contribution in [0.5, 0.6) is 5.75 Å². The molecule has 0 saturated heterocycles. The highest BCUT2D eigenvalue weighted by Crippen LogP contribution is 2.37. The van der Waals surface area contributed by atoms with Crippen molar-refractivity contribution < 1.29 is 13.2 Å². The van der Waals surface area contributed by atoms with Crippen molar-refractivity contribution in [3.05, 3.63) is 53.6 Å². The summed E-state index contributed by atoms with van der Waals surface area (Å²) in [5.41, 5.74) is 2.76. The van der Waals surface area contributed by atoms with Gasteiger partial charge in [0.25, 0.3) is 10.0 Å². The van der Waals surface area contributed by atoms with Crippen LogP contribution >= 0.6 is 0 Å². The Kier molecular flexibility index (Phi) is 4.06. The Morgan fingerprint density at radius 2 is 1.96 bits per heavy atom. The molecule has 0 aromatic heterocycles. The monoisotopic (exact) mass is 331 g/mol. The summed E-state index contributed by atoms with van der Waals surface area (Å²) >= 11 is 0. The van der Waals surface area contributed by atoms with Crippen LogP contribution in [-0.4, -0.2) is 21.6 Å². The number of hydrogen-bond acceptors (Lipinski definition) is 3. The Bertz CT molecular complexity index is 830. The molecular weight excluding hydrogens is 310 g/mol. The molecule has 0 saturated carbocycles. The van der Waals surface area contributed by atoms with E-state index in [-0.39, 0.29) is 6.04 Å². The van der Waals surface area contributed by atoms with Gasteiger partial charge in [-0.1, -0.05) is 25.1 Å². The maximum absolute atomic E-state index is 13.2. The molecule has 1 heterocycles. The van der Waals surface area contributed by atoms with Crippen molar-refractivity contribution in [2.75, 3.05) is 11.4 Å². The fourth-order valence-electron chi connectivity index (χ4n) is 3.21. The van der Waals surface area contributed by atoms with Crippen LogP contribution in [0.25, 0.3) is 0 Å². The van der Waals surface area contributed by atoms with Gasteiger partial charge in [-0.3, -0.25) is 4.31 Å². The Morgan fingerprint density at radius 1 is 1.22 bits per heavy atom. The molecule has 0 amide bonds. The molecule has 0 radical (unpaired) electrons. The van der Waals surface area contributed by atoms with Gasteiger partial charge in [-0.2, -0.15) is 0 Å². The van der Waals surface area contributed by atoms with E-state index in [0.717, 1.165) is 35.4 Å². The number of para-hydroxylation sites is 1. The molecular formula is C18H21NO3S. The van der Waals surface area contributed by atoms with Gasteiger partial charge in [-0.15, -0.1) is 0 Å². The van der Waals surface area contributed by atoms with E-state index in [1.54, 1.807) is 29.6 Å². The number of nitrogens with zero attached hydrogens (tertiary/aromatic N) is 1. The van der Waals surface area contributed by atoms with Gasteiger partial charge in [0.05, 0.1) is 17.7 Å². The zero-order valence-corrected chi connectivity index (χ0v) is 14.4. The van der Waals surface area contributed by atoms with Crippen molar-refractivity contribution in [3.63, 3.8) is 0 Å². The first-order valence-electron chi connectivity index (χ1n) is 7.78. The fraction of sp³-hybridized carbons (Fsp3) is 0.333. The molecule has 2 aromatic carbocycles. The molecule has 5 heteroatoms. The van der Waals surface area contributed by atoms with Gasteiger partial charge in [0.1, 0.15) is 5.75 Å². The molecule has 0 unspecified atom stereocenters. The average Bonchev–Trinajstić information content (AvgIpc) is 2.90. The quantitative estimate of drug-likeness (QED) is 0.863. The van der Waals surface area contributed by atoms with Gasteiger partial charge < -0.3 is 4.74 Å². The summed E-state index contributed by atoms with van der Waals surface area (Å²) in [6.45, 7) is 3.93. The molecule has 0 N–H and O–H groups in total. The summed E-state index contributed by atoms with van der Waals surface area (Å²) in [5.74, 6) is 0.723. The number of benzene rings is 2. The number of rotatable bonds is 4. The van der Waals surface area contributed by atoms with Crippen molar-refractivity contribution in [2.45, 2.75) is 37.6 Å². The fourth-order valence-corrected chi connectivity index (χ4v) is 4.95. The molecule has 0 spiro atoms. The van der Waals surface area contributed by atoms with Crippen LogP contribution in [0.4, 0.5) is 5.69 Å². The van der Waals surface area contributed by atoms with Gasteiger partial charge in [0, 0.05) is 6.04 Å². The third-order valence-electron chi connectivity index (χ3n) is 4.33. The molecule has 2 aromatic rings. The first kappa shape index (κ1) is 15.9. The maximum atomic E-state index is 13.2. The lowest BCUT2D eigenvalue weighted by atomic mass is 10.1. The molecule has 122 valence electrons. The van der Waals surface area contributed by atoms with E-state index in [4.69, 9.17) is 4.74 Å². The first-order chi connectivity index (χ1) is 11.0. The predicted octanol–water partition coefficient (Wildman–Crippen LogP) is 3.40. The Balaban J connectivity index is 2.09. The number of anilines is 1. The van der Waals surface area contributed by atoms with Crippen molar-refractivity contribution in [1.29, 1.82) is 0 Å². The van der Waals surface area contributed by atoms with E-state index in [0.29, 0.717) is 4.90 Å². The highest BCUT2D eigenvalue weighted by molar-refractivity contribution is 7.92. The molecule has 0 aliphatic carbocycles. The number of hydrogen-bond donors (Lipinski definition) is 0. The lowest BCUT2D eigenvalue weighted by Crippen LogP contribution is -2.35. The Hall–Kier alpha value is -2.01. The molecule has 1 aliphatic heterocycles. The summed E-state index contributed by atoms with van der Waals surface area (Å²) in [4.78, 5) is 0.318. The maximum Gasteiger partial charge on any atom is 0.264 e. The minimum atomic E-state index is -3.58. The SMILES string of the molecule is CCc1cc(S(=O)(=O)N2c3ccccc3C[C@@H]2C)ccc1OC. The number of aryl methyl sites for hydroxylation is 1. The molecule has 3 rings (SSSR count). The van der Waals surface area contributed by atoms with Crippen LogP contribution in [0.1, 0.15) is 25.0 Å². The van der Waals surface area contributed by atoms with Gasteiger partial charge in [0.2, 0.25) is 0 Å². The molecule has 0 bridgehead atoms. The number of sulfonamides is 1. The third-order valence-corrected chi connectivity index (χ3v) is 6.26. The van der Waals surface area contributed by atoms with Crippen LogP contribution in [0.15, 0.2) is 47.4 Å². The van der Waals surface area contributed by atoms with E-state index in [9.17, 15) is 8.42 Å². The lowest BCUT2D eigenvalue weighted by molar-refractivity contribution is 0.409. The second-order valence-corrected chi connectivity index (χ2v) is 7.62. The standard InChI is InChI=1S/C18H21NO3S/c1-4-14-12-16(9-10-18(14)22-3)23(20,21)19-13(2)11-15-7-5-6-8-17(15)19/h5-10,12-13H,4,11H2,1-3H3/t13-/m0/s1. The summed E-state index contributed by atoms with van der Waals surface area (Å²) in [6.07, 6.45) is 1.46. The van der Waals surface area contributed by atoms with Crippen LogP contribution in [0.2, 0.25) is 0 Å². The molecule has 0 fully saturated rings. The van der Waals surface area contributed by atoms with Crippen LogP contribution in [0, 0.1) is 0 Å². The Morgan fingerprint density at radius 3 is 2.65 bits per heavy atom. The zero-order chi connectivity index (χ0) is 16.6. The van der Waals surface area contributed by atoms with Gasteiger partial charge in [-0.25, -0.2) is 8.42 Å². The highest BCUT2D eigenvalue weighted by Gasteiger charge is 2.36. The van der Waals surface area contributed by atoms with Crippen molar-refractivity contribution in [1.82, 2.24) is 0 Å². The average molecular weight is 331 g/mol. The van der Waals surface area contributed by atoms with E-state index in [1.165, 1.54) is 0 Å². The summed E-state index contributed by atoms with van der Waals surface area (Å²) in [7, 11) is -1.98. The van der Waals surface area contributed by atoms with E-state index < -0.39 is 10.0 Å². The highest BCUT2D eigenvalue weighted by atomic mass is 32.2. The molecule has 1 aliphatic rings. The van der Waals surface area contributed by atoms with Gasteiger partial charge in [-0.05, 0) is 55.2 Å². The largest absolute Gasteiger partial charge is 0.496 e. The normalized spacial score (nSPS) is 17.2.